The van der Waals surface area contributed by atoms with E-state index in [1.165, 1.54) is 42.4 Å². The molecule has 0 N–H and O–H groups in total. The van der Waals surface area contributed by atoms with Crippen LogP contribution in [0.5, 0.6) is 0 Å². The van der Waals surface area contributed by atoms with E-state index in [1.54, 1.807) is 11.1 Å². The minimum Gasteiger partial charge on any atom is -0.0616 e. The van der Waals surface area contributed by atoms with Gasteiger partial charge in [0.25, 0.3) is 0 Å². The second kappa shape index (κ2) is 3.46. The Labute approximate surface area is 102 Å². The molecule has 0 amide bonds. The number of hydrogen-bond acceptors (Lipinski definition) is 0. The van der Waals surface area contributed by atoms with Crippen LogP contribution in [0.25, 0.3) is 22.3 Å². The molecule has 2 aromatic carbocycles. The highest BCUT2D eigenvalue weighted by Crippen LogP contribution is 2.52. The maximum atomic E-state index is 2.35. The number of rotatable bonds is 1. The Kier molecular flexibility index (Phi) is 1.93. The van der Waals surface area contributed by atoms with Crippen LogP contribution in [0.3, 0.4) is 0 Å². The van der Waals surface area contributed by atoms with E-state index in [2.05, 4.69) is 42.5 Å². The van der Waals surface area contributed by atoms with Crippen molar-refractivity contribution in [2.24, 2.45) is 0 Å². The first-order chi connectivity index (χ1) is 8.45. The van der Waals surface area contributed by atoms with Gasteiger partial charge < -0.3 is 0 Å². The standard InChI is InChI=1S/C17H16/c1-2-7-12(6-1)13-10-5-11-16-14-8-3-4-9-15(14)17(13)16/h3-5,8-12H,1-2,6-7H2. The molecule has 0 atom stereocenters. The van der Waals surface area contributed by atoms with Gasteiger partial charge in [-0.05, 0) is 46.6 Å². The normalized spacial score (nSPS) is 17.4. The van der Waals surface area contributed by atoms with Crippen molar-refractivity contribution in [2.45, 2.75) is 31.6 Å². The van der Waals surface area contributed by atoms with E-state index in [0.29, 0.717) is 0 Å². The number of benzene rings is 2. The highest BCUT2D eigenvalue weighted by molar-refractivity contribution is 6.03. The lowest BCUT2D eigenvalue weighted by Crippen LogP contribution is -2.05. The smallest absolute Gasteiger partial charge is 0.00640 e. The molecule has 0 bridgehead atoms. The van der Waals surface area contributed by atoms with Crippen LogP contribution < -0.4 is 0 Å². The Morgan fingerprint density at radius 2 is 1.41 bits per heavy atom. The van der Waals surface area contributed by atoms with Gasteiger partial charge in [0.15, 0.2) is 0 Å². The number of hydrogen-bond donors (Lipinski definition) is 0. The fourth-order valence-electron chi connectivity index (χ4n) is 3.55. The zero-order valence-electron chi connectivity index (χ0n) is 9.95. The first-order valence-corrected chi connectivity index (χ1v) is 6.68. The lowest BCUT2D eigenvalue weighted by Gasteiger charge is -2.28. The Morgan fingerprint density at radius 1 is 0.706 bits per heavy atom. The Hall–Kier alpha value is -1.56. The predicted molar refractivity (Wildman–Crippen MR) is 72.1 cm³/mol. The maximum absolute atomic E-state index is 2.35. The topological polar surface area (TPSA) is 0 Å². The van der Waals surface area contributed by atoms with Crippen LogP contribution in [0, 0.1) is 0 Å². The monoisotopic (exact) mass is 220 g/mol. The van der Waals surface area contributed by atoms with Crippen molar-refractivity contribution in [3.63, 3.8) is 0 Å². The minimum atomic E-state index is 0.818. The van der Waals surface area contributed by atoms with Gasteiger partial charge in [0, 0.05) is 0 Å². The minimum absolute atomic E-state index is 0.818. The third kappa shape index (κ3) is 1.24. The van der Waals surface area contributed by atoms with Gasteiger partial charge in [-0.2, -0.15) is 0 Å². The van der Waals surface area contributed by atoms with E-state index in [0.717, 1.165) is 5.92 Å². The van der Waals surface area contributed by atoms with Crippen molar-refractivity contribution >= 4 is 0 Å². The lowest BCUT2D eigenvalue weighted by molar-refractivity contribution is 0.724. The van der Waals surface area contributed by atoms with Crippen molar-refractivity contribution in [1.82, 2.24) is 0 Å². The molecule has 0 unspecified atom stereocenters. The quantitative estimate of drug-likeness (QED) is 0.542. The zero-order valence-corrected chi connectivity index (χ0v) is 9.95. The van der Waals surface area contributed by atoms with Crippen molar-refractivity contribution in [3.8, 4) is 22.3 Å². The third-order valence-electron chi connectivity index (χ3n) is 4.38. The van der Waals surface area contributed by atoms with Crippen molar-refractivity contribution in [1.29, 1.82) is 0 Å². The second-order valence-electron chi connectivity index (χ2n) is 5.30. The second-order valence-corrected chi connectivity index (χ2v) is 5.30. The first-order valence-electron chi connectivity index (χ1n) is 6.68. The van der Waals surface area contributed by atoms with Gasteiger partial charge in [0.05, 0.1) is 0 Å². The van der Waals surface area contributed by atoms with Crippen LogP contribution in [0.1, 0.15) is 37.2 Å². The Balaban J connectivity index is 1.87. The van der Waals surface area contributed by atoms with Gasteiger partial charge in [0.2, 0.25) is 0 Å². The maximum Gasteiger partial charge on any atom is -0.00640 e. The van der Waals surface area contributed by atoms with Crippen LogP contribution in [-0.4, -0.2) is 0 Å². The van der Waals surface area contributed by atoms with E-state index in [4.69, 9.17) is 0 Å². The molecule has 2 aromatic rings. The molecule has 0 saturated heterocycles. The van der Waals surface area contributed by atoms with Crippen LogP contribution in [0.15, 0.2) is 42.5 Å². The van der Waals surface area contributed by atoms with Gasteiger partial charge in [-0.25, -0.2) is 0 Å². The van der Waals surface area contributed by atoms with Gasteiger partial charge in [-0.1, -0.05) is 55.3 Å². The zero-order chi connectivity index (χ0) is 11.2. The molecule has 0 spiro atoms. The summed E-state index contributed by atoms with van der Waals surface area (Å²) in [6, 6.07) is 15.7. The molecule has 2 aliphatic rings. The molecule has 1 saturated carbocycles. The highest BCUT2D eigenvalue weighted by Gasteiger charge is 2.28. The molecule has 4 rings (SSSR count). The summed E-state index contributed by atoms with van der Waals surface area (Å²) in [7, 11) is 0. The predicted octanol–water partition coefficient (Wildman–Crippen LogP) is 4.99. The molecule has 0 radical (unpaired) electrons. The van der Waals surface area contributed by atoms with E-state index in [9.17, 15) is 0 Å². The molecule has 0 aromatic heterocycles. The molecule has 84 valence electrons. The van der Waals surface area contributed by atoms with E-state index in [-0.39, 0.29) is 0 Å². The lowest BCUT2D eigenvalue weighted by atomic mass is 9.75. The molecule has 0 heterocycles. The summed E-state index contributed by atoms with van der Waals surface area (Å²) in [4.78, 5) is 0. The van der Waals surface area contributed by atoms with E-state index < -0.39 is 0 Å². The van der Waals surface area contributed by atoms with Crippen molar-refractivity contribution < 1.29 is 0 Å². The SMILES string of the molecule is c1ccc2c(c1)-c1cccc(C3CCCC3)c1-2. The fraction of sp³-hybridized carbons (Fsp3) is 0.294. The molecule has 0 aliphatic heterocycles. The van der Waals surface area contributed by atoms with Crippen molar-refractivity contribution in [2.75, 3.05) is 0 Å². The van der Waals surface area contributed by atoms with Crippen molar-refractivity contribution in [3.05, 3.63) is 48.0 Å². The first kappa shape index (κ1) is 9.47. The summed E-state index contributed by atoms with van der Waals surface area (Å²) < 4.78 is 0. The van der Waals surface area contributed by atoms with Gasteiger partial charge in [0.1, 0.15) is 0 Å². The van der Waals surface area contributed by atoms with Crippen LogP contribution in [-0.2, 0) is 0 Å². The van der Waals surface area contributed by atoms with Crippen LogP contribution in [0.4, 0.5) is 0 Å². The summed E-state index contributed by atoms with van der Waals surface area (Å²) in [6.45, 7) is 0. The summed E-state index contributed by atoms with van der Waals surface area (Å²) in [5.41, 5.74) is 7.56. The Morgan fingerprint density at radius 3 is 2.24 bits per heavy atom. The highest BCUT2D eigenvalue weighted by atomic mass is 14.3. The summed E-state index contributed by atoms with van der Waals surface area (Å²) in [5, 5.41) is 0. The largest absolute Gasteiger partial charge is 0.0616 e. The summed E-state index contributed by atoms with van der Waals surface area (Å²) >= 11 is 0. The average Bonchev–Trinajstić information content (AvgIpc) is 2.89. The number of fused-ring (bicyclic) bond motifs is 4. The Bertz CT molecular complexity index is 574. The molecule has 2 aliphatic carbocycles. The molecule has 0 heteroatoms. The van der Waals surface area contributed by atoms with E-state index in [1.807, 2.05) is 0 Å². The molecule has 17 heavy (non-hydrogen) atoms. The fourth-order valence-corrected chi connectivity index (χ4v) is 3.55. The van der Waals surface area contributed by atoms with E-state index >= 15 is 0 Å². The average molecular weight is 220 g/mol. The third-order valence-corrected chi connectivity index (χ3v) is 4.38. The van der Waals surface area contributed by atoms with Gasteiger partial charge >= 0.3 is 0 Å². The molecular weight excluding hydrogens is 204 g/mol. The van der Waals surface area contributed by atoms with Gasteiger partial charge in [-0.15, -0.1) is 0 Å². The van der Waals surface area contributed by atoms with Gasteiger partial charge in [-0.3, -0.25) is 0 Å². The van der Waals surface area contributed by atoms with Crippen LogP contribution >= 0.6 is 0 Å². The summed E-state index contributed by atoms with van der Waals surface area (Å²) in [5.74, 6) is 0.818. The molecular formula is C17H16. The summed E-state index contributed by atoms with van der Waals surface area (Å²) in [6.07, 6.45) is 5.60. The van der Waals surface area contributed by atoms with Crippen LogP contribution in [0.2, 0.25) is 0 Å². The molecule has 0 nitrogen and oxygen atoms in total. The molecule has 1 fully saturated rings.